The maximum atomic E-state index is 12.0. The van der Waals surface area contributed by atoms with Gasteiger partial charge in [0.2, 0.25) is 11.7 Å². The molecule has 0 saturated heterocycles. The molecule has 1 aromatic carbocycles. The van der Waals surface area contributed by atoms with Crippen LogP contribution in [0.2, 0.25) is 0 Å². The summed E-state index contributed by atoms with van der Waals surface area (Å²) >= 11 is 1.31. The number of fused-ring (bicyclic) bond motifs is 1. The van der Waals surface area contributed by atoms with Crippen LogP contribution in [0, 0.1) is 0 Å². The highest BCUT2D eigenvalue weighted by Crippen LogP contribution is 2.28. The molecule has 0 radical (unpaired) electrons. The van der Waals surface area contributed by atoms with Crippen LogP contribution in [-0.2, 0) is 19.1 Å². The third-order valence-electron chi connectivity index (χ3n) is 2.80. The Morgan fingerprint density at radius 3 is 2.86 bits per heavy atom. The molecule has 114 valence electrons. The molecule has 8 heteroatoms. The van der Waals surface area contributed by atoms with Gasteiger partial charge in [-0.15, -0.1) is 0 Å². The van der Waals surface area contributed by atoms with Crippen LogP contribution in [0.5, 0.6) is 0 Å². The van der Waals surface area contributed by atoms with Crippen LogP contribution in [-0.4, -0.2) is 30.0 Å². The number of rotatable bonds is 3. The summed E-state index contributed by atoms with van der Waals surface area (Å²) in [7, 11) is 0. The highest BCUT2D eigenvalue weighted by Gasteiger charge is 2.17. The predicted molar refractivity (Wildman–Crippen MR) is 82.5 cm³/mol. The molecular formula is C14H13N3O4S. The van der Waals surface area contributed by atoms with E-state index in [1.54, 1.807) is 12.1 Å². The Morgan fingerprint density at radius 2 is 2.14 bits per heavy atom. The summed E-state index contributed by atoms with van der Waals surface area (Å²) < 4.78 is 11.1. The lowest BCUT2D eigenvalue weighted by Gasteiger charge is -2.13. The summed E-state index contributed by atoms with van der Waals surface area (Å²) in [6.45, 7) is 2.23. The first-order valence-electron chi connectivity index (χ1n) is 6.56. The molecule has 22 heavy (non-hydrogen) atoms. The monoisotopic (exact) mass is 319 g/mol. The number of benzene rings is 1. The van der Waals surface area contributed by atoms with Gasteiger partial charge in [-0.25, -0.2) is 4.98 Å². The van der Waals surface area contributed by atoms with Crippen molar-refractivity contribution in [3.05, 3.63) is 30.2 Å². The largest absolute Gasteiger partial charge is 0.494 e. The summed E-state index contributed by atoms with van der Waals surface area (Å²) in [4.78, 5) is 27.4. The van der Waals surface area contributed by atoms with E-state index >= 15 is 0 Å². The molecule has 1 aliphatic heterocycles. The molecule has 1 aromatic heterocycles. The molecule has 7 nitrogen and oxygen atoms in total. The van der Waals surface area contributed by atoms with Gasteiger partial charge in [0.25, 0.3) is 5.91 Å². The molecule has 0 fully saturated rings. The van der Waals surface area contributed by atoms with Crippen LogP contribution in [0.15, 0.2) is 30.2 Å². The van der Waals surface area contributed by atoms with Gasteiger partial charge in [0, 0.05) is 12.6 Å². The van der Waals surface area contributed by atoms with Crippen molar-refractivity contribution in [1.29, 1.82) is 0 Å². The first-order valence-corrected chi connectivity index (χ1v) is 7.37. The van der Waals surface area contributed by atoms with Gasteiger partial charge in [-0.05, 0) is 18.2 Å². The van der Waals surface area contributed by atoms with Gasteiger partial charge in [-0.2, -0.15) is 0 Å². The predicted octanol–water partition coefficient (Wildman–Crippen LogP) is 2.08. The van der Waals surface area contributed by atoms with Crippen molar-refractivity contribution in [2.24, 2.45) is 0 Å². The molecule has 1 aliphatic rings. The minimum atomic E-state index is -0.402. The SMILES string of the molecule is CC(=O)Nc1ccc2nc(NC(=O)C3=COCCO3)sc2c1. The summed E-state index contributed by atoms with van der Waals surface area (Å²) in [6.07, 6.45) is 1.29. The van der Waals surface area contributed by atoms with E-state index in [1.807, 2.05) is 6.07 Å². The van der Waals surface area contributed by atoms with E-state index in [1.165, 1.54) is 24.5 Å². The molecule has 0 bridgehead atoms. The van der Waals surface area contributed by atoms with Gasteiger partial charge in [0.1, 0.15) is 19.5 Å². The maximum Gasteiger partial charge on any atom is 0.295 e. The smallest absolute Gasteiger partial charge is 0.295 e. The second-order valence-electron chi connectivity index (χ2n) is 4.54. The lowest BCUT2D eigenvalue weighted by Crippen LogP contribution is -2.20. The topological polar surface area (TPSA) is 89.6 Å². The Kier molecular flexibility index (Phi) is 3.92. The number of hydrogen-bond donors (Lipinski definition) is 2. The number of aromatic nitrogens is 1. The molecule has 0 spiro atoms. The van der Waals surface area contributed by atoms with Crippen LogP contribution in [0.3, 0.4) is 0 Å². The molecule has 0 saturated carbocycles. The van der Waals surface area contributed by atoms with Crippen LogP contribution in [0.4, 0.5) is 10.8 Å². The Hall–Kier alpha value is -2.61. The third-order valence-corrected chi connectivity index (χ3v) is 3.74. The number of amides is 2. The van der Waals surface area contributed by atoms with E-state index in [0.717, 1.165) is 10.2 Å². The summed E-state index contributed by atoms with van der Waals surface area (Å²) in [5.74, 6) is -0.413. The third kappa shape index (κ3) is 3.17. The zero-order valence-corrected chi connectivity index (χ0v) is 12.5. The molecule has 0 aliphatic carbocycles. The van der Waals surface area contributed by atoms with Crippen molar-refractivity contribution in [1.82, 2.24) is 4.98 Å². The molecule has 0 unspecified atom stereocenters. The summed E-state index contributed by atoms with van der Waals surface area (Å²) in [5.41, 5.74) is 1.43. The molecule has 2 heterocycles. The van der Waals surface area contributed by atoms with E-state index < -0.39 is 5.91 Å². The van der Waals surface area contributed by atoms with Gasteiger partial charge in [0.15, 0.2) is 5.13 Å². The van der Waals surface area contributed by atoms with Crippen molar-refractivity contribution >= 4 is 44.2 Å². The van der Waals surface area contributed by atoms with E-state index in [-0.39, 0.29) is 11.7 Å². The van der Waals surface area contributed by atoms with Gasteiger partial charge in [-0.1, -0.05) is 11.3 Å². The first-order chi connectivity index (χ1) is 10.6. The second-order valence-corrected chi connectivity index (χ2v) is 5.57. The number of thiazole rings is 1. The Balaban J connectivity index is 1.78. The molecule has 3 rings (SSSR count). The lowest BCUT2D eigenvalue weighted by atomic mass is 10.3. The molecule has 2 aromatic rings. The van der Waals surface area contributed by atoms with E-state index in [2.05, 4.69) is 15.6 Å². The van der Waals surface area contributed by atoms with E-state index in [9.17, 15) is 9.59 Å². The van der Waals surface area contributed by atoms with Crippen LogP contribution < -0.4 is 10.6 Å². The van der Waals surface area contributed by atoms with Crippen molar-refractivity contribution in [3.63, 3.8) is 0 Å². The van der Waals surface area contributed by atoms with Gasteiger partial charge >= 0.3 is 0 Å². The van der Waals surface area contributed by atoms with E-state index in [0.29, 0.717) is 24.0 Å². The fourth-order valence-corrected chi connectivity index (χ4v) is 2.81. The zero-order valence-electron chi connectivity index (χ0n) is 11.7. The van der Waals surface area contributed by atoms with Gasteiger partial charge < -0.3 is 14.8 Å². The Morgan fingerprint density at radius 1 is 1.27 bits per heavy atom. The Labute approximate surface area is 129 Å². The molecule has 0 atom stereocenters. The molecule has 2 amide bonds. The van der Waals surface area contributed by atoms with Crippen LogP contribution in [0.1, 0.15) is 6.92 Å². The van der Waals surface area contributed by atoms with Crippen molar-refractivity contribution in [2.75, 3.05) is 23.8 Å². The van der Waals surface area contributed by atoms with Crippen molar-refractivity contribution in [2.45, 2.75) is 6.92 Å². The molecule has 2 N–H and O–H groups in total. The number of anilines is 2. The normalized spacial score (nSPS) is 13.8. The number of carbonyl (C=O) groups excluding carboxylic acids is 2. The number of ether oxygens (including phenoxy) is 2. The number of hydrogen-bond acceptors (Lipinski definition) is 6. The second kappa shape index (κ2) is 6.02. The van der Waals surface area contributed by atoms with Crippen LogP contribution >= 0.6 is 11.3 Å². The number of carbonyl (C=O) groups is 2. The summed E-state index contributed by atoms with van der Waals surface area (Å²) in [6, 6.07) is 5.35. The minimum absolute atomic E-state index is 0.129. The van der Waals surface area contributed by atoms with Crippen LogP contribution in [0.25, 0.3) is 10.2 Å². The quantitative estimate of drug-likeness (QED) is 0.904. The van der Waals surface area contributed by atoms with Crippen molar-refractivity contribution < 1.29 is 19.1 Å². The number of nitrogens with one attached hydrogen (secondary N) is 2. The standard InChI is InChI=1S/C14H13N3O4S/c1-8(18)15-9-2-3-10-12(6-9)22-14(16-10)17-13(19)11-7-20-4-5-21-11/h2-3,6-7H,4-5H2,1H3,(H,15,18)(H,16,17,19). The van der Waals surface area contributed by atoms with E-state index in [4.69, 9.17) is 9.47 Å². The average Bonchev–Trinajstić information content (AvgIpc) is 2.89. The summed E-state index contributed by atoms with van der Waals surface area (Å²) in [5, 5.41) is 5.83. The Bertz CT molecular complexity index is 769. The average molecular weight is 319 g/mol. The first kappa shape index (κ1) is 14.3. The lowest BCUT2D eigenvalue weighted by molar-refractivity contribution is -0.117. The minimum Gasteiger partial charge on any atom is -0.494 e. The maximum absolute atomic E-state index is 12.0. The van der Waals surface area contributed by atoms with Gasteiger partial charge in [-0.3, -0.25) is 14.9 Å². The fourth-order valence-electron chi connectivity index (χ4n) is 1.91. The highest BCUT2D eigenvalue weighted by molar-refractivity contribution is 7.22. The molecular weight excluding hydrogens is 306 g/mol. The van der Waals surface area contributed by atoms with Crippen molar-refractivity contribution in [3.8, 4) is 0 Å². The zero-order chi connectivity index (χ0) is 15.5. The van der Waals surface area contributed by atoms with Gasteiger partial charge in [0.05, 0.1) is 10.2 Å². The number of nitrogens with zero attached hydrogens (tertiary/aromatic N) is 1. The highest BCUT2D eigenvalue weighted by atomic mass is 32.1. The fraction of sp³-hybridized carbons (Fsp3) is 0.214.